The first-order valence-electron chi connectivity index (χ1n) is 4.88. The Morgan fingerprint density at radius 1 is 1.71 bits per heavy atom. The molecule has 0 aromatic carbocycles. The molecule has 2 heterocycles. The molecule has 90 valence electrons. The Labute approximate surface area is 102 Å². The first kappa shape index (κ1) is 11.6. The van der Waals surface area contributed by atoms with Crippen molar-refractivity contribution in [2.45, 2.75) is 5.16 Å². The summed E-state index contributed by atoms with van der Waals surface area (Å²) in [6.07, 6.45) is 5.11. The Bertz CT molecular complexity index is 521. The van der Waals surface area contributed by atoms with Crippen molar-refractivity contribution in [1.29, 1.82) is 0 Å². The van der Waals surface area contributed by atoms with E-state index in [1.165, 1.54) is 16.4 Å². The highest BCUT2D eigenvalue weighted by Crippen LogP contribution is 2.14. The van der Waals surface area contributed by atoms with Crippen LogP contribution in [0, 0.1) is 0 Å². The number of aryl methyl sites for hydroxylation is 2. The molecule has 0 unspecified atom stereocenters. The summed E-state index contributed by atoms with van der Waals surface area (Å²) in [6.45, 7) is 0. The molecular weight excluding hydrogens is 242 g/mol. The van der Waals surface area contributed by atoms with Gasteiger partial charge in [-0.05, 0) is 0 Å². The lowest BCUT2D eigenvalue weighted by Gasteiger charge is -2.00. The Balaban J connectivity index is 1.84. The largest absolute Gasteiger partial charge is 0.329 e. The number of hydrogen-bond donors (Lipinski definition) is 1. The number of hydrogen-bond acceptors (Lipinski definition) is 5. The summed E-state index contributed by atoms with van der Waals surface area (Å²) in [6, 6.07) is 0. The van der Waals surface area contributed by atoms with Crippen LogP contribution in [0.3, 0.4) is 0 Å². The SMILES string of the molecule is Cn1ccnc1SCC(=O)Nc1c[n+](C)no1. The molecule has 0 radical (unpaired) electrons. The van der Waals surface area contributed by atoms with Crippen LogP contribution in [0.1, 0.15) is 0 Å². The van der Waals surface area contributed by atoms with Crippen molar-refractivity contribution in [1.82, 2.24) is 14.8 Å². The van der Waals surface area contributed by atoms with E-state index in [2.05, 4.69) is 15.6 Å². The third-order valence-corrected chi connectivity index (χ3v) is 3.00. The molecule has 7 nitrogen and oxygen atoms in total. The van der Waals surface area contributed by atoms with Crippen molar-refractivity contribution in [3.8, 4) is 0 Å². The maximum Gasteiger partial charge on any atom is 0.302 e. The quantitative estimate of drug-likeness (QED) is 0.612. The van der Waals surface area contributed by atoms with Crippen molar-refractivity contribution in [2.24, 2.45) is 14.1 Å². The number of carbonyl (C=O) groups is 1. The Morgan fingerprint density at radius 3 is 3.12 bits per heavy atom. The summed E-state index contributed by atoms with van der Waals surface area (Å²) in [5, 5.41) is 6.99. The number of nitrogens with one attached hydrogen (secondary N) is 1. The van der Waals surface area contributed by atoms with E-state index >= 15 is 0 Å². The maximum absolute atomic E-state index is 11.6. The Kier molecular flexibility index (Phi) is 3.43. The lowest BCUT2D eigenvalue weighted by atomic mass is 10.6. The molecule has 2 aromatic rings. The molecule has 8 heteroatoms. The molecule has 0 spiro atoms. The number of thioether (sulfide) groups is 1. The van der Waals surface area contributed by atoms with Gasteiger partial charge in [-0.1, -0.05) is 16.4 Å². The standard InChI is InChI=1S/C9H11N5O2S/c1-13-4-3-10-9(13)17-6-7(15)11-8-5-14(2)12-16-8/h3-5H,6H2,1-2H3/p+1. The summed E-state index contributed by atoms with van der Waals surface area (Å²) in [4.78, 5) is 15.7. The van der Waals surface area contributed by atoms with Gasteiger partial charge in [-0.3, -0.25) is 14.6 Å². The van der Waals surface area contributed by atoms with Crippen LogP contribution in [0.2, 0.25) is 0 Å². The molecule has 1 amide bonds. The monoisotopic (exact) mass is 254 g/mol. The summed E-state index contributed by atoms with van der Waals surface area (Å²) in [5.41, 5.74) is 0. The van der Waals surface area contributed by atoms with Gasteiger partial charge in [-0.2, -0.15) is 0 Å². The van der Waals surface area contributed by atoms with E-state index in [0.29, 0.717) is 5.88 Å². The summed E-state index contributed by atoms with van der Waals surface area (Å²) in [5.74, 6) is 0.447. The number of anilines is 1. The minimum atomic E-state index is -0.158. The molecule has 0 aliphatic rings. The van der Waals surface area contributed by atoms with E-state index in [0.717, 1.165) is 5.16 Å². The number of carbonyl (C=O) groups excluding carboxylic acids is 1. The fourth-order valence-electron chi connectivity index (χ4n) is 1.17. The van der Waals surface area contributed by atoms with Gasteiger partial charge < -0.3 is 4.57 Å². The average Bonchev–Trinajstić information content (AvgIpc) is 2.85. The molecule has 0 fully saturated rings. The highest BCUT2D eigenvalue weighted by atomic mass is 32.2. The van der Waals surface area contributed by atoms with E-state index in [9.17, 15) is 4.79 Å². The lowest BCUT2D eigenvalue weighted by molar-refractivity contribution is -0.739. The summed E-state index contributed by atoms with van der Waals surface area (Å²) >= 11 is 1.36. The fraction of sp³-hybridized carbons (Fsp3) is 0.333. The molecule has 1 N–H and O–H groups in total. The number of aromatic nitrogens is 4. The van der Waals surface area contributed by atoms with E-state index < -0.39 is 0 Å². The number of nitrogens with zero attached hydrogens (tertiary/aromatic N) is 4. The predicted molar refractivity (Wildman–Crippen MR) is 60.2 cm³/mol. The van der Waals surface area contributed by atoms with Crippen LogP contribution in [0.25, 0.3) is 0 Å². The molecule has 0 bridgehead atoms. The van der Waals surface area contributed by atoms with Crippen molar-refractivity contribution in [3.63, 3.8) is 0 Å². The normalized spacial score (nSPS) is 10.5. The zero-order valence-corrected chi connectivity index (χ0v) is 10.3. The Hall–Kier alpha value is -1.83. The maximum atomic E-state index is 11.6. The van der Waals surface area contributed by atoms with E-state index in [1.807, 2.05) is 17.8 Å². The molecular formula is C9H12N5O2S+. The van der Waals surface area contributed by atoms with Gasteiger partial charge in [-0.15, -0.1) is 0 Å². The second-order valence-corrected chi connectivity index (χ2v) is 4.34. The van der Waals surface area contributed by atoms with Gasteiger partial charge in [0.15, 0.2) is 17.5 Å². The van der Waals surface area contributed by atoms with Crippen LogP contribution in [-0.2, 0) is 18.9 Å². The zero-order chi connectivity index (χ0) is 12.3. The third-order valence-electron chi connectivity index (χ3n) is 1.94. The van der Waals surface area contributed by atoms with Crippen LogP contribution >= 0.6 is 11.8 Å². The summed E-state index contributed by atoms with van der Waals surface area (Å²) in [7, 11) is 3.59. The minimum Gasteiger partial charge on any atom is -0.329 e. The third kappa shape index (κ3) is 3.06. The van der Waals surface area contributed by atoms with Crippen LogP contribution < -0.4 is 10.00 Å². The molecule has 2 aromatic heterocycles. The molecule has 0 aliphatic carbocycles. The number of amides is 1. The number of imidazole rings is 1. The van der Waals surface area contributed by atoms with Crippen molar-refractivity contribution in [2.75, 3.05) is 11.1 Å². The first-order valence-corrected chi connectivity index (χ1v) is 5.86. The second kappa shape index (κ2) is 5.00. The van der Waals surface area contributed by atoms with Crippen molar-refractivity contribution < 1.29 is 14.0 Å². The van der Waals surface area contributed by atoms with E-state index in [-0.39, 0.29) is 11.7 Å². The van der Waals surface area contributed by atoms with Crippen LogP contribution in [0.5, 0.6) is 0 Å². The van der Waals surface area contributed by atoms with Crippen LogP contribution in [-0.4, -0.2) is 26.5 Å². The fourth-order valence-corrected chi connectivity index (χ4v) is 1.91. The molecule has 0 atom stereocenters. The molecule has 2 rings (SSSR count). The van der Waals surface area contributed by atoms with Crippen molar-refractivity contribution >= 4 is 23.6 Å². The smallest absolute Gasteiger partial charge is 0.302 e. The number of rotatable bonds is 4. The Morgan fingerprint density at radius 2 is 2.53 bits per heavy atom. The molecule has 0 saturated carbocycles. The van der Waals surface area contributed by atoms with Gasteiger partial charge in [0.2, 0.25) is 5.91 Å². The summed E-state index contributed by atoms with van der Waals surface area (Å²) < 4.78 is 8.17. The van der Waals surface area contributed by atoms with E-state index in [1.54, 1.807) is 19.4 Å². The second-order valence-electron chi connectivity index (χ2n) is 3.40. The highest BCUT2D eigenvalue weighted by Gasteiger charge is 2.11. The van der Waals surface area contributed by atoms with Crippen LogP contribution in [0.15, 0.2) is 28.3 Å². The van der Waals surface area contributed by atoms with Gasteiger partial charge in [0.25, 0.3) is 6.20 Å². The highest BCUT2D eigenvalue weighted by molar-refractivity contribution is 7.99. The molecule has 0 aliphatic heterocycles. The van der Waals surface area contributed by atoms with Gasteiger partial charge >= 0.3 is 5.88 Å². The minimum absolute atomic E-state index is 0.158. The van der Waals surface area contributed by atoms with Crippen molar-refractivity contribution in [3.05, 3.63) is 18.6 Å². The topological polar surface area (TPSA) is 76.8 Å². The van der Waals surface area contributed by atoms with Gasteiger partial charge in [0, 0.05) is 19.4 Å². The van der Waals surface area contributed by atoms with Gasteiger partial charge in [0.05, 0.1) is 5.75 Å². The van der Waals surface area contributed by atoms with Crippen LogP contribution in [0.4, 0.5) is 5.88 Å². The first-order chi connectivity index (χ1) is 8.15. The van der Waals surface area contributed by atoms with Gasteiger partial charge in [-0.25, -0.2) is 4.98 Å². The molecule has 17 heavy (non-hydrogen) atoms. The predicted octanol–water partition coefficient (Wildman–Crippen LogP) is -0.0366. The lowest BCUT2D eigenvalue weighted by Crippen LogP contribution is -2.28. The van der Waals surface area contributed by atoms with Gasteiger partial charge in [0.1, 0.15) is 0 Å². The zero-order valence-electron chi connectivity index (χ0n) is 9.45. The average molecular weight is 254 g/mol. The molecule has 0 saturated heterocycles. The van der Waals surface area contributed by atoms with E-state index in [4.69, 9.17) is 4.52 Å².